The average molecular weight is 220 g/mol. The van der Waals surface area contributed by atoms with Crippen LogP contribution in [0.4, 0.5) is 5.69 Å². The Labute approximate surface area is 99.7 Å². The van der Waals surface area contributed by atoms with Gasteiger partial charge in [0.2, 0.25) is 0 Å². The van der Waals surface area contributed by atoms with Gasteiger partial charge in [-0.1, -0.05) is 32.4 Å². The van der Waals surface area contributed by atoms with Crippen LogP contribution in [-0.2, 0) is 6.54 Å². The van der Waals surface area contributed by atoms with Gasteiger partial charge in [-0.15, -0.1) is 0 Å². The largest absolute Gasteiger partial charge is 0.378 e. The van der Waals surface area contributed by atoms with Gasteiger partial charge in [-0.05, 0) is 30.2 Å². The Morgan fingerprint density at radius 3 is 2.69 bits per heavy atom. The fraction of sp³-hybridized carbons (Fsp3) is 0.571. The van der Waals surface area contributed by atoms with E-state index < -0.39 is 0 Å². The molecule has 2 heteroatoms. The van der Waals surface area contributed by atoms with E-state index in [4.69, 9.17) is 0 Å². The molecule has 0 aliphatic heterocycles. The van der Waals surface area contributed by atoms with E-state index in [2.05, 4.69) is 62.4 Å². The van der Waals surface area contributed by atoms with Crippen LogP contribution >= 0.6 is 0 Å². The molecule has 0 fully saturated rings. The molecule has 1 atom stereocenters. The molecule has 90 valence electrons. The van der Waals surface area contributed by atoms with Crippen LogP contribution in [0.3, 0.4) is 0 Å². The normalized spacial score (nSPS) is 12.5. The van der Waals surface area contributed by atoms with Gasteiger partial charge in [0, 0.05) is 26.3 Å². The summed E-state index contributed by atoms with van der Waals surface area (Å²) in [6.07, 6.45) is 1.24. The first-order valence-electron chi connectivity index (χ1n) is 6.10. The lowest BCUT2D eigenvalue weighted by Gasteiger charge is -2.14. The molecule has 1 N–H and O–H groups in total. The second-order valence-electron chi connectivity index (χ2n) is 4.71. The average Bonchev–Trinajstić information content (AvgIpc) is 2.29. The second kappa shape index (κ2) is 6.54. The van der Waals surface area contributed by atoms with Crippen LogP contribution in [0.15, 0.2) is 24.3 Å². The molecule has 0 radical (unpaired) electrons. The maximum atomic E-state index is 3.50. The van der Waals surface area contributed by atoms with Crippen LogP contribution in [0.1, 0.15) is 25.8 Å². The number of nitrogens with one attached hydrogen (secondary N) is 1. The van der Waals surface area contributed by atoms with E-state index in [1.54, 1.807) is 0 Å². The summed E-state index contributed by atoms with van der Waals surface area (Å²) < 4.78 is 0. The number of nitrogens with zero attached hydrogens (tertiary/aromatic N) is 1. The maximum Gasteiger partial charge on any atom is 0.0364 e. The maximum absolute atomic E-state index is 3.50. The summed E-state index contributed by atoms with van der Waals surface area (Å²) in [5.74, 6) is 0.761. The zero-order valence-corrected chi connectivity index (χ0v) is 11.0. The van der Waals surface area contributed by atoms with Crippen LogP contribution in [0.5, 0.6) is 0 Å². The van der Waals surface area contributed by atoms with Crippen LogP contribution in [0.2, 0.25) is 0 Å². The van der Waals surface area contributed by atoms with E-state index in [1.807, 2.05) is 0 Å². The van der Waals surface area contributed by atoms with Gasteiger partial charge in [-0.3, -0.25) is 0 Å². The third-order valence-corrected chi connectivity index (χ3v) is 2.95. The summed E-state index contributed by atoms with van der Waals surface area (Å²) in [5, 5.41) is 3.50. The Morgan fingerprint density at radius 2 is 2.06 bits per heavy atom. The minimum absolute atomic E-state index is 0.761. The van der Waals surface area contributed by atoms with Crippen LogP contribution in [0.25, 0.3) is 0 Å². The predicted molar refractivity (Wildman–Crippen MR) is 71.9 cm³/mol. The Kier molecular flexibility index (Phi) is 5.33. The van der Waals surface area contributed by atoms with Gasteiger partial charge in [0.1, 0.15) is 0 Å². The molecular weight excluding hydrogens is 196 g/mol. The molecule has 0 saturated heterocycles. The molecular formula is C14H24N2. The van der Waals surface area contributed by atoms with Crippen molar-refractivity contribution in [3.63, 3.8) is 0 Å². The summed E-state index contributed by atoms with van der Waals surface area (Å²) >= 11 is 0. The summed E-state index contributed by atoms with van der Waals surface area (Å²) in [6.45, 7) is 6.58. The van der Waals surface area contributed by atoms with Gasteiger partial charge < -0.3 is 10.2 Å². The van der Waals surface area contributed by atoms with Gasteiger partial charge in [0.15, 0.2) is 0 Å². The van der Waals surface area contributed by atoms with E-state index in [0.717, 1.165) is 19.0 Å². The molecule has 2 nitrogen and oxygen atoms in total. The SMILES string of the molecule is CCC(C)CNCc1cccc(N(C)C)c1. The first-order chi connectivity index (χ1) is 7.63. The molecule has 0 aliphatic carbocycles. The van der Waals surface area contributed by atoms with E-state index in [-0.39, 0.29) is 0 Å². The standard InChI is InChI=1S/C14H24N2/c1-5-12(2)10-15-11-13-7-6-8-14(9-13)16(3)4/h6-9,12,15H,5,10-11H2,1-4H3. The molecule has 0 saturated carbocycles. The smallest absolute Gasteiger partial charge is 0.0364 e. The highest BCUT2D eigenvalue weighted by molar-refractivity contribution is 5.47. The van der Waals surface area contributed by atoms with Crippen molar-refractivity contribution in [2.45, 2.75) is 26.8 Å². The molecule has 1 unspecified atom stereocenters. The molecule has 1 rings (SSSR count). The first-order valence-corrected chi connectivity index (χ1v) is 6.10. The quantitative estimate of drug-likeness (QED) is 0.793. The highest BCUT2D eigenvalue weighted by Gasteiger charge is 2.00. The molecule has 0 aromatic heterocycles. The van der Waals surface area contributed by atoms with Gasteiger partial charge >= 0.3 is 0 Å². The van der Waals surface area contributed by atoms with Gasteiger partial charge in [0.25, 0.3) is 0 Å². The first kappa shape index (κ1) is 13.0. The molecule has 0 amide bonds. The van der Waals surface area contributed by atoms with Crippen molar-refractivity contribution in [1.82, 2.24) is 5.32 Å². The second-order valence-corrected chi connectivity index (χ2v) is 4.71. The number of rotatable bonds is 6. The number of benzene rings is 1. The van der Waals surface area contributed by atoms with Crippen LogP contribution in [-0.4, -0.2) is 20.6 Å². The minimum Gasteiger partial charge on any atom is -0.378 e. The summed E-state index contributed by atoms with van der Waals surface area (Å²) in [5.41, 5.74) is 2.62. The molecule has 16 heavy (non-hydrogen) atoms. The topological polar surface area (TPSA) is 15.3 Å². The van der Waals surface area contributed by atoms with E-state index >= 15 is 0 Å². The predicted octanol–water partition coefficient (Wildman–Crippen LogP) is 2.89. The zero-order chi connectivity index (χ0) is 12.0. The van der Waals surface area contributed by atoms with Crippen molar-refractivity contribution in [2.75, 3.05) is 25.5 Å². The van der Waals surface area contributed by atoms with Crippen molar-refractivity contribution in [1.29, 1.82) is 0 Å². The Morgan fingerprint density at radius 1 is 1.31 bits per heavy atom. The molecule has 0 heterocycles. The van der Waals surface area contributed by atoms with Crippen LogP contribution < -0.4 is 10.2 Å². The van der Waals surface area contributed by atoms with Crippen molar-refractivity contribution in [2.24, 2.45) is 5.92 Å². The third kappa shape index (κ3) is 4.23. The fourth-order valence-corrected chi connectivity index (χ4v) is 1.55. The van der Waals surface area contributed by atoms with Crippen molar-refractivity contribution >= 4 is 5.69 Å². The molecule has 1 aromatic rings. The van der Waals surface area contributed by atoms with Gasteiger partial charge in [-0.2, -0.15) is 0 Å². The van der Waals surface area contributed by atoms with Crippen molar-refractivity contribution in [3.8, 4) is 0 Å². The lowest BCUT2D eigenvalue weighted by molar-refractivity contribution is 0.500. The summed E-state index contributed by atoms with van der Waals surface area (Å²) in [6, 6.07) is 8.67. The van der Waals surface area contributed by atoms with E-state index in [0.29, 0.717) is 0 Å². The highest BCUT2D eigenvalue weighted by Crippen LogP contribution is 2.13. The molecule has 0 spiro atoms. The summed E-state index contributed by atoms with van der Waals surface area (Å²) in [4.78, 5) is 2.14. The number of hydrogen-bond donors (Lipinski definition) is 1. The zero-order valence-electron chi connectivity index (χ0n) is 11.0. The Balaban J connectivity index is 2.45. The number of anilines is 1. The molecule has 1 aromatic carbocycles. The van der Waals surface area contributed by atoms with Crippen molar-refractivity contribution < 1.29 is 0 Å². The molecule has 0 bridgehead atoms. The Hall–Kier alpha value is -1.02. The minimum atomic E-state index is 0.761. The fourth-order valence-electron chi connectivity index (χ4n) is 1.55. The van der Waals surface area contributed by atoms with Crippen molar-refractivity contribution in [3.05, 3.63) is 29.8 Å². The summed E-state index contributed by atoms with van der Waals surface area (Å²) in [7, 11) is 4.15. The molecule has 0 aliphatic rings. The van der Waals surface area contributed by atoms with Gasteiger partial charge in [-0.25, -0.2) is 0 Å². The lowest BCUT2D eigenvalue weighted by Crippen LogP contribution is -2.20. The van der Waals surface area contributed by atoms with Crippen LogP contribution in [0, 0.1) is 5.92 Å². The highest BCUT2D eigenvalue weighted by atomic mass is 15.1. The number of hydrogen-bond acceptors (Lipinski definition) is 2. The monoisotopic (exact) mass is 220 g/mol. The Bertz CT molecular complexity index is 307. The van der Waals surface area contributed by atoms with E-state index in [1.165, 1.54) is 17.7 Å². The lowest BCUT2D eigenvalue weighted by atomic mass is 10.1. The third-order valence-electron chi connectivity index (χ3n) is 2.95. The van der Waals surface area contributed by atoms with E-state index in [9.17, 15) is 0 Å². The van der Waals surface area contributed by atoms with Gasteiger partial charge in [0.05, 0.1) is 0 Å².